The molecule has 0 spiro atoms. The third-order valence-electron chi connectivity index (χ3n) is 3.58. The van der Waals surface area contributed by atoms with Crippen LogP contribution in [-0.4, -0.2) is 24.5 Å². The first kappa shape index (κ1) is 16.7. The topological polar surface area (TPSA) is 55.4 Å². The highest BCUT2D eigenvalue weighted by Crippen LogP contribution is 2.19. The average molecular weight is 311 g/mol. The van der Waals surface area contributed by atoms with Crippen molar-refractivity contribution in [3.63, 3.8) is 0 Å². The zero-order valence-electron chi connectivity index (χ0n) is 13.4. The number of amides is 1. The lowest BCUT2D eigenvalue weighted by Gasteiger charge is -2.11. The van der Waals surface area contributed by atoms with Crippen LogP contribution < -0.4 is 5.32 Å². The summed E-state index contributed by atoms with van der Waals surface area (Å²) in [6, 6.07) is 17.1. The number of benzene rings is 2. The van der Waals surface area contributed by atoms with E-state index in [-0.39, 0.29) is 18.6 Å². The molecule has 2 aromatic carbocycles. The first-order valence-corrected chi connectivity index (χ1v) is 7.72. The number of esters is 1. The van der Waals surface area contributed by atoms with E-state index in [2.05, 4.69) is 5.32 Å². The lowest BCUT2D eigenvalue weighted by atomic mass is 10.0. The fourth-order valence-electron chi connectivity index (χ4n) is 2.06. The van der Waals surface area contributed by atoms with Crippen molar-refractivity contribution in [2.45, 2.75) is 26.3 Å². The average Bonchev–Trinajstić information content (AvgIpc) is 2.60. The maximum absolute atomic E-state index is 12.0. The standard InChI is InChI=1S/C19H21NO3/c1-3-14(2)20-18(21)13-23-19(22)17-11-9-16(10-12-17)15-7-5-4-6-8-15/h4-12,14H,3,13H2,1-2H3,(H,20,21). The quantitative estimate of drug-likeness (QED) is 0.832. The predicted molar refractivity (Wildman–Crippen MR) is 90.1 cm³/mol. The number of carbonyl (C=O) groups excluding carboxylic acids is 2. The summed E-state index contributed by atoms with van der Waals surface area (Å²) in [6.45, 7) is 3.62. The van der Waals surface area contributed by atoms with Crippen molar-refractivity contribution in [3.8, 4) is 11.1 Å². The fourth-order valence-corrected chi connectivity index (χ4v) is 2.06. The lowest BCUT2D eigenvalue weighted by molar-refractivity contribution is -0.124. The Morgan fingerprint density at radius 2 is 1.61 bits per heavy atom. The van der Waals surface area contributed by atoms with Crippen molar-refractivity contribution in [1.82, 2.24) is 5.32 Å². The molecule has 1 amide bonds. The third kappa shape index (κ3) is 4.95. The number of hydrogen-bond donors (Lipinski definition) is 1. The van der Waals surface area contributed by atoms with Gasteiger partial charge in [0.1, 0.15) is 0 Å². The van der Waals surface area contributed by atoms with Gasteiger partial charge in [0, 0.05) is 6.04 Å². The molecule has 0 aliphatic heterocycles. The number of carbonyl (C=O) groups is 2. The smallest absolute Gasteiger partial charge is 0.338 e. The second-order valence-electron chi connectivity index (χ2n) is 5.40. The van der Waals surface area contributed by atoms with Crippen molar-refractivity contribution in [2.24, 2.45) is 0 Å². The Kier molecular flexibility index (Phi) is 5.92. The van der Waals surface area contributed by atoms with Crippen molar-refractivity contribution in [2.75, 3.05) is 6.61 Å². The van der Waals surface area contributed by atoms with Crippen LogP contribution in [0.3, 0.4) is 0 Å². The van der Waals surface area contributed by atoms with Gasteiger partial charge in [-0.1, -0.05) is 49.4 Å². The van der Waals surface area contributed by atoms with Crippen LogP contribution in [0.1, 0.15) is 30.6 Å². The number of ether oxygens (including phenoxy) is 1. The van der Waals surface area contributed by atoms with Crippen molar-refractivity contribution in [3.05, 3.63) is 60.2 Å². The molecule has 120 valence electrons. The summed E-state index contributed by atoms with van der Waals surface area (Å²) in [5.41, 5.74) is 2.54. The Hall–Kier alpha value is -2.62. The van der Waals surface area contributed by atoms with Gasteiger partial charge in [-0.25, -0.2) is 4.79 Å². The largest absolute Gasteiger partial charge is 0.452 e. The highest BCUT2D eigenvalue weighted by Gasteiger charge is 2.11. The Bertz CT molecular complexity index is 650. The van der Waals surface area contributed by atoms with Crippen molar-refractivity contribution in [1.29, 1.82) is 0 Å². The first-order valence-electron chi connectivity index (χ1n) is 7.72. The predicted octanol–water partition coefficient (Wildman–Crippen LogP) is 3.43. The number of nitrogens with one attached hydrogen (secondary N) is 1. The fraction of sp³-hybridized carbons (Fsp3) is 0.263. The molecule has 0 fully saturated rings. The molecular formula is C19H21NO3. The summed E-state index contributed by atoms with van der Waals surface area (Å²) in [6.07, 6.45) is 0.834. The maximum atomic E-state index is 12.0. The zero-order chi connectivity index (χ0) is 16.7. The molecule has 0 bridgehead atoms. The summed E-state index contributed by atoms with van der Waals surface area (Å²) in [7, 11) is 0. The monoisotopic (exact) mass is 311 g/mol. The Labute approximate surface area is 136 Å². The summed E-state index contributed by atoms with van der Waals surface area (Å²) < 4.78 is 5.03. The van der Waals surface area contributed by atoms with E-state index in [1.807, 2.05) is 56.3 Å². The summed E-state index contributed by atoms with van der Waals surface area (Å²) in [5, 5.41) is 2.75. The van der Waals surface area contributed by atoms with Gasteiger partial charge in [-0.2, -0.15) is 0 Å². The minimum atomic E-state index is -0.496. The van der Waals surface area contributed by atoms with Crippen molar-refractivity contribution < 1.29 is 14.3 Å². The number of rotatable bonds is 6. The molecule has 2 aromatic rings. The normalized spacial score (nSPS) is 11.6. The second kappa shape index (κ2) is 8.13. The molecule has 0 radical (unpaired) electrons. The lowest BCUT2D eigenvalue weighted by Crippen LogP contribution is -2.35. The Morgan fingerprint density at radius 1 is 1.00 bits per heavy atom. The molecule has 0 aromatic heterocycles. The van der Waals surface area contributed by atoms with Crippen LogP contribution in [0.4, 0.5) is 0 Å². The molecule has 4 nitrogen and oxygen atoms in total. The molecule has 2 rings (SSSR count). The molecule has 0 heterocycles. The molecule has 0 saturated heterocycles. The van der Waals surface area contributed by atoms with Gasteiger partial charge in [0.05, 0.1) is 5.56 Å². The second-order valence-corrected chi connectivity index (χ2v) is 5.40. The SMILES string of the molecule is CCC(C)NC(=O)COC(=O)c1ccc(-c2ccccc2)cc1. The van der Waals surface area contributed by atoms with Crippen LogP contribution in [0, 0.1) is 0 Å². The highest BCUT2D eigenvalue weighted by atomic mass is 16.5. The molecular weight excluding hydrogens is 290 g/mol. The minimum absolute atomic E-state index is 0.0753. The van der Waals surface area contributed by atoms with Crippen LogP contribution in [-0.2, 0) is 9.53 Å². The van der Waals surface area contributed by atoms with Gasteiger partial charge in [0.25, 0.3) is 5.91 Å². The molecule has 0 saturated carbocycles. The van der Waals surface area contributed by atoms with E-state index in [4.69, 9.17) is 4.74 Å². The summed E-state index contributed by atoms with van der Waals surface area (Å²) in [5.74, 6) is -0.780. The molecule has 1 unspecified atom stereocenters. The maximum Gasteiger partial charge on any atom is 0.338 e. The van der Waals surface area contributed by atoms with E-state index in [1.165, 1.54) is 0 Å². The van der Waals surface area contributed by atoms with Crippen LogP contribution in [0.25, 0.3) is 11.1 Å². The van der Waals surface area contributed by atoms with Gasteiger partial charge in [0.15, 0.2) is 6.61 Å². The van der Waals surface area contributed by atoms with Gasteiger partial charge in [-0.3, -0.25) is 4.79 Å². The van der Waals surface area contributed by atoms with E-state index in [1.54, 1.807) is 12.1 Å². The van der Waals surface area contributed by atoms with E-state index >= 15 is 0 Å². The summed E-state index contributed by atoms with van der Waals surface area (Å²) in [4.78, 5) is 23.5. The van der Waals surface area contributed by atoms with E-state index < -0.39 is 5.97 Å². The Morgan fingerprint density at radius 3 is 2.22 bits per heavy atom. The van der Waals surface area contributed by atoms with Crippen LogP contribution >= 0.6 is 0 Å². The highest BCUT2D eigenvalue weighted by molar-refractivity contribution is 5.91. The Balaban J connectivity index is 1.92. The van der Waals surface area contributed by atoms with E-state index in [0.29, 0.717) is 5.56 Å². The number of hydrogen-bond acceptors (Lipinski definition) is 3. The van der Waals surface area contributed by atoms with Crippen LogP contribution in [0.5, 0.6) is 0 Å². The van der Waals surface area contributed by atoms with E-state index in [9.17, 15) is 9.59 Å². The molecule has 1 N–H and O–H groups in total. The molecule has 4 heteroatoms. The van der Waals surface area contributed by atoms with Crippen LogP contribution in [0.15, 0.2) is 54.6 Å². The van der Waals surface area contributed by atoms with E-state index in [0.717, 1.165) is 17.5 Å². The van der Waals surface area contributed by atoms with Gasteiger partial charge in [-0.05, 0) is 36.6 Å². The van der Waals surface area contributed by atoms with Gasteiger partial charge in [-0.15, -0.1) is 0 Å². The van der Waals surface area contributed by atoms with Gasteiger partial charge >= 0.3 is 5.97 Å². The zero-order valence-corrected chi connectivity index (χ0v) is 13.4. The molecule has 0 aliphatic carbocycles. The first-order chi connectivity index (χ1) is 11.1. The summed E-state index contributed by atoms with van der Waals surface area (Å²) >= 11 is 0. The molecule has 23 heavy (non-hydrogen) atoms. The third-order valence-corrected chi connectivity index (χ3v) is 3.58. The minimum Gasteiger partial charge on any atom is -0.452 e. The van der Waals surface area contributed by atoms with Gasteiger partial charge in [0.2, 0.25) is 0 Å². The van der Waals surface area contributed by atoms with Crippen LogP contribution in [0.2, 0.25) is 0 Å². The van der Waals surface area contributed by atoms with Crippen molar-refractivity contribution >= 4 is 11.9 Å². The van der Waals surface area contributed by atoms with Gasteiger partial charge < -0.3 is 10.1 Å². The molecule has 1 atom stereocenters. The molecule has 0 aliphatic rings.